The third-order valence-electron chi connectivity index (χ3n) is 3.68. The summed E-state index contributed by atoms with van der Waals surface area (Å²) in [6.07, 6.45) is 3.26. The molecule has 0 saturated heterocycles. The zero-order valence-corrected chi connectivity index (χ0v) is 14.5. The van der Waals surface area contributed by atoms with Gasteiger partial charge < -0.3 is 10.2 Å². The van der Waals surface area contributed by atoms with Crippen LogP contribution in [-0.4, -0.2) is 22.8 Å². The number of carboxylic acid groups (broad SMARTS) is 1. The second kappa shape index (κ2) is 10.6. The van der Waals surface area contributed by atoms with Crippen LogP contribution in [0.25, 0.3) is 17.2 Å². The minimum atomic E-state index is -0.954. The van der Waals surface area contributed by atoms with E-state index in [2.05, 4.69) is 48.5 Å². The molecule has 3 nitrogen and oxygen atoms in total. The summed E-state index contributed by atoms with van der Waals surface area (Å²) >= 11 is 0. The van der Waals surface area contributed by atoms with Gasteiger partial charge in [-0.3, -0.25) is 0 Å². The van der Waals surface area contributed by atoms with Crippen molar-refractivity contribution in [3.63, 3.8) is 0 Å². The lowest BCUT2D eigenvalue weighted by atomic mass is 10.1. The van der Waals surface area contributed by atoms with Crippen molar-refractivity contribution in [2.75, 3.05) is 6.61 Å². The van der Waals surface area contributed by atoms with Crippen LogP contribution in [0.15, 0.2) is 91.0 Å². The first kappa shape index (κ1) is 19.2. The average Bonchev–Trinajstić information content (AvgIpc) is 2.69. The fraction of sp³-hybridized carbons (Fsp3) is 0.0870. The third-order valence-corrected chi connectivity index (χ3v) is 3.68. The van der Waals surface area contributed by atoms with Gasteiger partial charge in [0.2, 0.25) is 0 Å². The van der Waals surface area contributed by atoms with Gasteiger partial charge in [0.15, 0.2) is 0 Å². The van der Waals surface area contributed by atoms with E-state index in [4.69, 9.17) is 10.2 Å². The summed E-state index contributed by atoms with van der Waals surface area (Å²) in [5.41, 5.74) is 4.44. The van der Waals surface area contributed by atoms with Crippen LogP contribution in [0.4, 0.5) is 0 Å². The molecule has 0 aromatic heterocycles. The minimum absolute atomic E-state index is 0.129. The molecule has 0 heterocycles. The van der Waals surface area contributed by atoms with Crippen molar-refractivity contribution in [2.24, 2.45) is 0 Å². The molecule has 26 heavy (non-hydrogen) atoms. The molecule has 0 bridgehead atoms. The number of carboxylic acids is 1. The normalized spacial score (nSPS) is 10.2. The van der Waals surface area contributed by atoms with Gasteiger partial charge in [-0.05, 0) is 34.8 Å². The van der Waals surface area contributed by atoms with Crippen LogP contribution in [0.3, 0.4) is 0 Å². The number of benzene rings is 3. The van der Waals surface area contributed by atoms with Crippen LogP contribution in [0.1, 0.15) is 11.1 Å². The Labute approximate surface area is 153 Å². The molecule has 0 aliphatic heterocycles. The van der Waals surface area contributed by atoms with Crippen molar-refractivity contribution >= 4 is 12.0 Å². The molecule has 3 rings (SSSR count). The Morgan fingerprint density at radius 1 is 0.769 bits per heavy atom. The lowest BCUT2D eigenvalue weighted by Crippen LogP contribution is -1.90. The van der Waals surface area contributed by atoms with E-state index in [1.807, 2.05) is 36.4 Å². The average molecular weight is 346 g/mol. The van der Waals surface area contributed by atoms with Crippen molar-refractivity contribution < 1.29 is 15.0 Å². The lowest BCUT2D eigenvalue weighted by Gasteiger charge is -1.98. The van der Waals surface area contributed by atoms with Crippen molar-refractivity contribution in [1.82, 2.24) is 0 Å². The molecule has 0 fully saturated rings. The van der Waals surface area contributed by atoms with E-state index in [-0.39, 0.29) is 6.61 Å². The fourth-order valence-corrected chi connectivity index (χ4v) is 2.35. The fourth-order valence-electron chi connectivity index (χ4n) is 2.35. The molecule has 3 aromatic carbocycles. The van der Waals surface area contributed by atoms with Gasteiger partial charge in [0.25, 0.3) is 0 Å². The Hall–Kier alpha value is -3.17. The Balaban J connectivity index is 0.000000189. The number of hydrogen-bond donors (Lipinski definition) is 2. The van der Waals surface area contributed by atoms with Gasteiger partial charge >= 0.3 is 5.97 Å². The highest BCUT2D eigenvalue weighted by molar-refractivity contribution is 5.85. The topological polar surface area (TPSA) is 57.5 Å². The molecule has 2 N–H and O–H groups in total. The summed E-state index contributed by atoms with van der Waals surface area (Å²) in [6.45, 7) is 0.129. The molecule has 132 valence electrons. The summed E-state index contributed by atoms with van der Waals surface area (Å²) in [6, 6.07) is 28.2. The molecular formula is C23H22O3. The molecule has 3 aromatic rings. The zero-order valence-electron chi connectivity index (χ0n) is 14.5. The Morgan fingerprint density at radius 2 is 1.27 bits per heavy atom. The molecular weight excluding hydrogens is 324 g/mol. The molecule has 0 aliphatic carbocycles. The highest BCUT2D eigenvalue weighted by Gasteiger charge is 1.93. The quantitative estimate of drug-likeness (QED) is 0.660. The van der Waals surface area contributed by atoms with Crippen molar-refractivity contribution in [3.05, 3.63) is 102 Å². The third kappa shape index (κ3) is 6.75. The monoisotopic (exact) mass is 346 g/mol. The number of aliphatic hydroxyl groups is 1. The van der Waals surface area contributed by atoms with E-state index in [1.54, 1.807) is 0 Å². The maximum atomic E-state index is 10.2. The van der Waals surface area contributed by atoms with Gasteiger partial charge in [-0.2, -0.15) is 0 Å². The second-order valence-corrected chi connectivity index (χ2v) is 5.62. The summed E-state index contributed by atoms with van der Waals surface area (Å²) in [5, 5.41) is 17.1. The van der Waals surface area contributed by atoms with Gasteiger partial charge in [-0.25, -0.2) is 4.79 Å². The van der Waals surface area contributed by atoms with Crippen molar-refractivity contribution in [1.29, 1.82) is 0 Å². The summed E-state index contributed by atoms with van der Waals surface area (Å²) < 4.78 is 0. The minimum Gasteiger partial charge on any atom is -0.478 e. The van der Waals surface area contributed by atoms with Crippen LogP contribution in [0.2, 0.25) is 0 Å². The Bertz CT molecular complexity index is 770. The largest absolute Gasteiger partial charge is 0.478 e. The molecule has 0 spiro atoms. The standard InChI is InChI=1S/C12H10.C11H12O3/c1-3-7-11(8-4-1)12-9-5-2-6-10-12;12-8-7-10-3-1-9(2-4-10)5-6-11(13)14/h1-10H;1-6,12H,7-8H2,(H,13,14)/b;6-5+. The predicted molar refractivity (Wildman–Crippen MR) is 106 cm³/mol. The number of aliphatic hydroxyl groups excluding tert-OH is 1. The molecule has 0 radical (unpaired) electrons. The van der Waals surface area contributed by atoms with E-state index < -0.39 is 5.97 Å². The Kier molecular flexibility index (Phi) is 7.84. The van der Waals surface area contributed by atoms with Crippen LogP contribution < -0.4 is 0 Å². The first-order valence-electron chi connectivity index (χ1n) is 8.40. The number of aliphatic carboxylic acids is 1. The molecule has 0 atom stereocenters. The zero-order chi connectivity index (χ0) is 18.6. The highest BCUT2D eigenvalue weighted by Crippen LogP contribution is 2.17. The van der Waals surface area contributed by atoms with E-state index in [9.17, 15) is 4.79 Å². The SMILES string of the molecule is O=C(O)/C=C/c1ccc(CCO)cc1.c1ccc(-c2ccccc2)cc1. The second-order valence-electron chi connectivity index (χ2n) is 5.62. The van der Waals surface area contributed by atoms with Crippen LogP contribution in [-0.2, 0) is 11.2 Å². The summed E-state index contributed by atoms with van der Waals surface area (Å²) in [4.78, 5) is 10.2. The molecule has 0 aliphatic rings. The molecule has 0 saturated carbocycles. The highest BCUT2D eigenvalue weighted by atomic mass is 16.4. The first-order chi connectivity index (χ1) is 12.7. The van der Waals surface area contributed by atoms with Crippen LogP contribution >= 0.6 is 0 Å². The number of rotatable bonds is 5. The van der Waals surface area contributed by atoms with E-state index in [0.717, 1.165) is 17.2 Å². The summed E-state index contributed by atoms with van der Waals surface area (Å²) in [7, 11) is 0. The van der Waals surface area contributed by atoms with E-state index >= 15 is 0 Å². The predicted octanol–water partition coefficient (Wildman–Crippen LogP) is 4.67. The Morgan fingerprint density at radius 3 is 1.69 bits per heavy atom. The van der Waals surface area contributed by atoms with Gasteiger partial charge in [-0.15, -0.1) is 0 Å². The van der Waals surface area contributed by atoms with E-state index in [0.29, 0.717) is 6.42 Å². The van der Waals surface area contributed by atoms with Crippen LogP contribution in [0.5, 0.6) is 0 Å². The van der Waals surface area contributed by atoms with Gasteiger partial charge in [0.05, 0.1) is 0 Å². The first-order valence-corrected chi connectivity index (χ1v) is 8.40. The van der Waals surface area contributed by atoms with Crippen molar-refractivity contribution in [2.45, 2.75) is 6.42 Å². The number of hydrogen-bond acceptors (Lipinski definition) is 2. The molecule has 0 amide bonds. The van der Waals surface area contributed by atoms with Gasteiger partial charge in [-0.1, -0.05) is 84.9 Å². The maximum absolute atomic E-state index is 10.2. The van der Waals surface area contributed by atoms with Gasteiger partial charge in [0.1, 0.15) is 0 Å². The maximum Gasteiger partial charge on any atom is 0.328 e. The van der Waals surface area contributed by atoms with E-state index in [1.165, 1.54) is 17.2 Å². The number of carbonyl (C=O) groups is 1. The van der Waals surface area contributed by atoms with Crippen molar-refractivity contribution in [3.8, 4) is 11.1 Å². The molecule has 3 heteroatoms. The van der Waals surface area contributed by atoms with Crippen LogP contribution in [0, 0.1) is 0 Å². The lowest BCUT2D eigenvalue weighted by molar-refractivity contribution is -0.131. The summed E-state index contributed by atoms with van der Waals surface area (Å²) in [5.74, 6) is -0.954. The smallest absolute Gasteiger partial charge is 0.328 e. The molecule has 0 unspecified atom stereocenters. The van der Waals surface area contributed by atoms with Gasteiger partial charge in [0, 0.05) is 12.7 Å².